The summed E-state index contributed by atoms with van der Waals surface area (Å²) in [6, 6.07) is 16.7. The van der Waals surface area contributed by atoms with Crippen LogP contribution in [0.4, 0.5) is 25.1 Å². The molecule has 1 saturated heterocycles. The number of nitrogens with one attached hydrogen (secondary N) is 2. The molecule has 0 aliphatic carbocycles. The third kappa shape index (κ3) is 7.69. The Bertz CT molecular complexity index is 2860. The van der Waals surface area contributed by atoms with Gasteiger partial charge in [-0.25, -0.2) is 18.6 Å². The maximum atomic E-state index is 14.8. The highest BCUT2D eigenvalue weighted by atomic mass is 32.1. The molecule has 3 aliphatic rings. The second kappa shape index (κ2) is 17.4. The summed E-state index contributed by atoms with van der Waals surface area (Å²) in [7, 11) is 3.41. The number of urea groups is 1. The third-order valence-electron chi connectivity index (χ3n) is 13.4. The van der Waals surface area contributed by atoms with Crippen molar-refractivity contribution >= 4 is 56.6 Å². The van der Waals surface area contributed by atoms with Gasteiger partial charge in [-0.3, -0.25) is 14.2 Å². The monoisotopic (exact) mass is 885 g/mol. The van der Waals surface area contributed by atoms with Crippen molar-refractivity contribution in [3.8, 4) is 22.4 Å². The van der Waals surface area contributed by atoms with Gasteiger partial charge >= 0.3 is 6.03 Å². The van der Waals surface area contributed by atoms with Crippen LogP contribution in [0.2, 0.25) is 0 Å². The molecule has 0 saturated carbocycles. The number of benzene rings is 3. The molecular weight excluding hydrogens is 833 g/mol. The summed E-state index contributed by atoms with van der Waals surface area (Å²) in [5, 5.41) is 20.4. The molecule has 10 rings (SSSR count). The summed E-state index contributed by atoms with van der Waals surface area (Å²) in [5.74, 6) is 0.859. The predicted molar refractivity (Wildman–Crippen MR) is 247 cm³/mol. The van der Waals surface area contributed by atoms with Crippen LogP contribution in [0.25, 0.3) is 44.2 Å². The van der Waals surface area contributed by atoms with Crippen molar-refractivity contribution in [2.45, 2.75) is 77.6 Å². The van der Waals surface area contributed by atoms with Crippen LogP contribution in [0.1, 0.15) is 73.0 Å². The first kappa shape index (κ1) is 41.9. The van der Waals surface area contributed by atoms with Gasteiger partial charge in [0.15, 0.2) is 5.82 Å². The number of fused-ring (bicyclic) bond motifs is 5. The molecule has 1 fully saturated rings. The molecule has 4 aromatic heterocycles. The Balaban J connectivity index is 0.817. The number of carbonyl (C=O) groups is 2. The zero-order valence-electron chi connectivity index (χ0n) is 36.5. The highest BCUT2D eigenvalue weighted by Gasteiger charge is 2.35. The SMILES string of the molecule is CCn1c2ccc(CNCCC(=O)N3CCC(n4nc(N5CCCc6cc(-c7cnn(C)c7)c(C(F)F)cc65)c5c4CCN(C(=O)NC)C5)CC3)cc2c2ccc(-c3cscn3)cc21. The molecule has 332 valence electrons. The number of likely N-dealkylation sites (tertiary alicyclic amines) is 1. The van der Waals surface area contributed by atoms with E-state index < -0.39 is 6.43 Å². The number of hydrogen-bond acceptors (Lipinski definition) is 8. The Morgan fingerprint density at radius 3 is 2.56 bits per heavy atom. The topological polar surface area (TPSA) is 121 Å². The lowest BCUT2D eigenvalue weighted by atomic mass is 9.92. The van der Waals surface area contributed by atoms with E-state index in [-0.39, 0.29) is 23.5 Å². The Morgan fingerprint density at radius 1 is 0.953 bits per heavy atom. The van der Waals surface area contributed by atoms with E-state index in [0.717, 1.165) is 71.8 Å². The van der Waals surface area contributed by atoms with Crippen LogP contribution in [0.15, 0.2) is 71.8 Å². The lowest BCUT2D eigenvalue weighted by molar-refractivity contribution is -0.132. The fraction of sp³-hybridized carbons (Fsp3) is 0.396. The van der Waals surface area contributed by atoms with Crippen molar-refractivity contribution in [2.24, 2.45) is 7.05 Å². The molecular formula is C48H53F2N11O2S. The smallest absolute Gasteiger partial charge is 0.317 e. The van der Waals surface area contributed by atoms with E-state index in [2.05, 4.69) is 83.6 Å². The summed E-state index contributed by atoms with van der Waals surface area (Å²) in [5.41, 5.74) is 12.5. The zero-order chi connectivity index (χ0) is 44.1. The molecule has 7 heterocycles. The van der Waals surface area contributed by atoms with Gasteiger partial charge in [0.1, 0.15) is 0 Å². The zero-order valence-corrected chi connectivity index (χ0v) is 37.3. The number of alkyl halides is 2. The maximum absolute atomic E-state index is 14.8. The van der Waals surface area contributed by atoms with Gasteiger partial charge in [-0.1, -0.05) is 18.2 Å². The van der Waals surface area contributed by atoms with Crippen LogP contribution < -0.4 is 15.5 Å². The molecule has 7 aromatic rings. The van der Waals surface area contributed by atoms with Crippen LogP contribution in [0, 0.1) is 0 Å². The Kier molecular flexibility index (Phi) is 11.4. The second-order valence-electron chi connectivity index (χ2n) is 17.2. The first-order valence-electron chi connectivity index (χ1n) is 22.4. The quantitative estimate of drug-likeness (QED) is 0.125. The molecule has 64 heavy (non-hydrogen) atoms. The van der Waals surface area contributed by atoms with Crippen LogP contribution in [0.5, 0.6) is 0 Å². The van der Waals surface area contributed by atoms with Crippen LogP contribution in [0.3, 0.4) is 0 Å². The first-order chi connectivity index (χ1) is 31.2. The molecule has 16 heteroatoms. The van der Waals surface area contributed by atoms with E-state index in [1.54, 1.807) is 53.5 Å². The van der Waals surface area contributed by atoms with Crippen molar-refractivity contribution in [2.75, 3.05) is 44.7 Å². The number of thiazole rings is 1. The summed E-state index contributed by atoms with van der Waals surface area (Å²) in [6.45, 7) is 7.10. The highest BCUT2D eigenvalue weighted by molar-refractivity contribution is 7.07. The van der Waals surface area contributed by atoms with E-state index in [9.17, 15) is 18.4 Å². The molecule has 0 bridgehead atoms. The summed E-state index contributed by atoms with van der Waals surface area (Å²) < 4.78 is 35.6. The molecule has 0 unspecified atom stereocenters. The normalized spacial score (nSPS) is 15.7. The Labute approximate surface area is 374 Å². The number of hydrogen-bond donors (Lipinski definition) is 2. The minimum atomic E-state index is -2.68. The molecule has 3 aromatic carbocycles. The van der Waals surface area contributed by atoms with E-state index in [1.807, 2.05) is 16.5 Å². The molecule has 3 amide bonds. The Morgan fingerprint density at radius 2 is 1.81 bits per heavy atom. The van der Waals surface area contributed by atoms with Gasteiger partial charge in [0.05, 0.1) is 30.0 Å². The number of nitrogens with zero attached hydrogens (tertiary/aromatic N) is 9. The van der Waals surface area contributed by atoms with Crippen molar-refractivity contribution in [3.05, 3.63) is 99.8 Å². The molecule has 13 nitrogen and oxygen atoms in total. The van der Waals surface area contributed by atoms with E-state index >= 15 is 0 Å². The van der Waals surface area contributed by atoms with Gasteiger partial charge in [0.2, 0.25) is 5.91 Å². The van der Waals surface area contributed by atoms with E-state index in [0.29, 0.717) is 69.8 Å². The van der Waals surface area contributed by atoms with Gasteiger partial charge in [-0.05, 0) is 79.6 Å². The average Bonchev–Trinajstić information content (AvgIpc) is 4.15. The van der Waals surface area contributed by atoms with Gasteiger partial charge in [0.25, 0.3) is 6.43 Å². The average molecular weight is 886 g/mol. The van der Waals surface area contributed by atoms with Crippen LogP contribution in [-0.4, -0.2) is 90.6 Å². The fourth-order valence-electron chi connectivity index (χ4n) is 10.2. The first-order valence-corrected chi connectivity index (χ1v) is 23.3. The van der Waals surface area contributed by atoms with Crippen LogP contribution >= 0.6 is 11.3 Å². The summed E-state index contributed by atoms with van der Waals surface area (Å²) in [6.07, 6.45) is 4.86. The molecule has 0 atom stereocenters. The fourth-order valence-corrected chi connectivity index (χ4v) is 10.8. The molecule has 3 aliphatic heterocycles. The standard InChI is InChI=1S/C48H53F2N11O2S/c1-4-59-41-10-7-30(20-37(41)35-9-8-31(22-44(35)59)40-28-64-29-53-40)24-52-15-11-45(62)57-17-12-34(13-18-57)61-42-14-19-58(48(63)51-2)27-39(42)47(55-61)60-16-5-6-32-21-36(33-25-54-56(3)26-33)38(46(49)50)23-43(32)60/h7-10,20-23,25-26,28-29,34,46,52H,4-6,11-19,24,27H2,1-3H3,(H,51,63). The third-order valence-corrected chi connectivity index (χ3v) is 14.0. The van der Waals surface area contributed by atoms with E-state index in [4.69, 9.17) is 5.10 Å². The van der Waals surface area contributed by atoms with Crippen molar-refractivity contribution in [3.63, 3.8) is 0 Å². The molecule has 2 N–H and O–H groups in total. The molecule has 0 radical (unpaired) electrons. The summed E-state index contributed by atoms with van der Waals surface area (Å²) in [4.78, 5) is 36.8. The maximum Gasteiger partial charge on any atom is 0.317 e. The van der Waals surface area contributed by atoms with Gasteiger partial charge < -0.3 is 29.9 Å². The van der Waals surface area contributed by atoms with E-state index in [1.165, 1.54) is 27.4 Å². The minimum Gasteiger partial charge on any atom is -0.343 e. The van der Waals surface area contributed by atoms with Crippen molar-refractivity contribution < 1.29 is 18.4 Å². The number of carbonyl (C=O) groups excluding carboxylic acids is 2. The molecule has 0 spiro atoms. The lowest BCUT2D eigenvalue weighted by Crippen LogP contribution is -2.42. The van der Waals surface area contributed by atoms with Gasteiger partial charge in [0, 0.05) is 140 Å². The Hall–Kier alpha value is -6.13. The second-order valence-corrected chi connectivity index (χ2v) is 17.9. The largest absolute Gasteiger partial charge is 0.343 e. The van der Waals surface area contributed by atoms with Gasteiger partial charge in [-0.2, -0.15) is 10.2 Å². The lowest BCUT2D eigenvalue weighted by Gasteiger charge is -2.34. The van der Waals surface area contributed by atoms with Gasteiger partial charge in [-0.15, -0.1) is 11.3 Å². The minimum absolute atomic E-state index is 0.0361. The number of halogens is 2. The number of anilines is 2. The number of amides is 3. The summed E-state index contributed by atoms with van der Waals surface area (Å²) >= 11 is 1.60. The predicted octanol–water partition coefficient (Wildman–Crippen LogP) is 8.60. The number of aromatic nitrogens is 6. The number of rotatable bonds is 11. The number of piperidine rings is 1. The highest BCUT2D eigenvalue weighted by Crippen LogP contribution is 2.44. The van der Waals surface area contributed by atoms with Crippen molar-refractivity contribution in [1.82, 2.24) is 49.5 Å². The number of aryl methyl sites for hydroxylation is 3. The van der Waals surface area contributed by atoms with Crippen molar-refractivity contribution in [1.29, 1.82) is 0 Å². The van der Waals surface area contributed by atoms with Crippen LogP contribution in [-0.2, 0) is 44.3 Å².